The van der Waals surface area contributed by atoms with Crippen LogP contribution in [0.2, 0.25) is 0 Å². The second-order valence-electron chi connectivity index (χ2n) is 4.51. The molecule has 0 unspecified atom stereocenters. The second-order valence-corrected chi connectivity index (χ2v) is 4.51. The van der Waals surface area contributed by atoms with Gasteiger partial charge in [-0.05, 0) is 0 Å². The highest BCUT2D eigenvalue weighted by Gasteiger charge is 2.19. The summed E-state index contributed by atoms with van der Waals surface area (Å²) in [6.45, 7) is -0.439. The largest absolute Gasteiger partial charge is 0.394 e. The van der Waals surface area contributed by atoms with E-state index in [0.29, 0.717) is 5.95 Å². The second kappa shape index (κ2) is 5.10. The lowest BCUT2D eigenvalue weighted by Crippen LogP contribution is -2.38. The maximum atomic E-state index is 12.2. The van der Waals surface area contributed by atoms with Crippen LogP contribution < -0.4 is 16.6 Å². The highest BCUT2D eigenvalue weighted by molar-refractivity contribution is 5.74. The average molecular weight is 283 g/mol. The fraction of sp³-hybridized carbons (Fsp3) is 0.545. The van der Waals surface area contributed by atoms with Crippen LogP contribution in [0.25, 0.3) is 11.2 Å². The van der Waals surface area contributed by atoms with E-state index in [2.05, 4.69) is 10.3 Å². The Morgan fingerprint density at radius 3 is 2.50 bits per heavy atom. The minimum absolute atomic E-state index is 0.00336. The number of rotatable bonds is 4. The molecule has 0 spiro atoms. The number of fused-ring (bicyclic) bond motifs is 1. The molecule has 9 nitrogen and oxygen atoms in total. The zero-order valence-electron chi connectivity index (χ0n) is 11.5. The predicted octanol–water partition coefficient (Wildman–Crippen LogP) is -2.17. The number of aliphatic hydroxyl groups is 2. The van der Waals surface area contributed by atoms with Crippen molar-refractivity contribution in [3.05, 3.63) is 20.8 Å². The number of hydrogen-bond donors (Lipinski definition) is 3. The summed E-state index contributed by atoms with van der Waals surface area (Å²) >= 11 is 0. The van der Waals surface area contributed by atoms with Gasteiger partial charge in [-0.3, -0.25) is 13.9 Å². The third-order valence-corrected chi connectivity index (χ3v) is 3.18. The van der Waals surface area contributed by atoms with Crippen molar-refractivity contribution in [3.8, 4) is 0 Å². The van der Waals surface area contributed by atoms with Crippen LogP contribution in [0.15, 0.2) is 9.59 Å². The van der Waals surface area contributed by atoms with E-state index in [9.17, 15) is 14.7 Å². The Morgan fingerprint density at radius 1 is 1.30 bits per heavy atom. The van der Waals surface area contributed by atoms with E-state index >= 15 is 0 Å². The van der Waals surface area contributed by atoms with Gasteiger partial charge in [-0.15, -0.1) is 0 Å². The maximum Gasteiger partial charge on any atom is 0.332 e. The van der Waals surface area contributed by atoms with E-state index in [1.54, 1.807) is 7.05 Å². The molecule has 2 rings (SSSR count). The van der Waals surface area contributed by atoms with E-state index in [4.69, 9.17) is 5.11 Å². The van der Waals surface area contributed by atoms with Crippen molar-refractivity contribution < 1.29 is 10.2 Å². The Hall–Kier alpha value is -2.13. The fourth-order valence-corrected chi connectivity index (χ4v) is 2.08. The van der Waals surface area contributed by atoms with Gasteiger partial charge in [0.2, 0.25) is 5.95 Å². The molecule has 0 aliphatic heterocycles. The quantitative estimate of drug-likeness (QED) is 0.588. The topological polar surface area (TPSA) is 114 Å². The van der Waals surface area contributed by atoms with Crippen LogP contribution in [-0.4, -0.2) is 48.7 Å². The van der Waals surface area contributed by atoms with Crippen molar-refractivity contribution in [1.29, 1.82) is 0 Å². The highest BCUT2D eigenvalue weighted by Crippen LogP contribution is 2.15. The van der Waals surface area contributed by atoms with Crippen LogP contribution in [-0.2, 0) is 20.6 Å². The first-order chi connectivity index (χ1) is 9.42. The number of nitrogens with zero attached hydrogens (tertiary/aromatic N) is 4. The molecular formula is C11H17N5O4. The Bertz CT molecular complexity index is 757. The molecule has 0 fully saturated rings. The van der Waals surface area contributed by atoms with Gasteiger partial charge in [0.15, 0.2) is 11.2 Å². The molecule has 0 aromatic carbocycles. The third-order valence-electron chi connectivity index (χ3n) is 3.18. The van der Waals surface area contributed by atoms with Gasteiger partial charge < -0.3 is 20.1 Å². The van der Waals surface area contributed by atoms with Gasteiger partial charge in [-0.2, -0.15) is 4.98 Å². The standard InChI is InChI=1S/C11H17N5O4/c1-12-10-13-8-7(16(10)4-6(18)5-17)9(19)15(3)11(20)14(8)2/h6,17-18H,4-5H2,1-3H3,(H,12,13)/t6-/m1/s1. The van der Waals surface area contributed by atoms with Crippen LogP contribution in [0.5, 0.6) is 0 Å². The van der Waals surface area contributed by atoms with Crippen molar-refractivity contribution in [1.82, 2.24) is 18.7 Å². The molecule has 0 aliphatic rings. The van der Waals surface area contributed by atoms with Crippen molar-refractivity contribution >= 4 is 17.1 Å². The molecule has 0 radical (unpaired) electrons. The van der Waals surface area contributed by atoms with Gasteiger partial charge in [-0.1, -0.05) is 0 Å². The van der Waals surface area contributed by atoms with Crippen molar-refractivity contribution in [2.24, 2.45) is 14.1 Å². The van der Waals surface area contributed by atoms with Gasteiger partial charge >= 0.3 is 5.69 Å². The first-order valence-corrected chi connectivity index (χ1v) is 6.05. The first-order valence-electron chi connectivity index (χ1n) is 6.05. The molecule has 0 amide bonds. The third kappa shape index (κ3) is 2.00. The zero-order chi connectivity index (χ0) is 15.0. The zero-order valence-corrected chi connectivity index (χ0v) is 11.5. The Kier molecular flexibility index (Phi) is 3.64. The number of nitrogens with one attached hydrogen (secondary N) is 1. The SMILES string of the molecule is CNc1nc2c(c(=O)n(C)c(=O)n2C)n1C[C@@H](O)CO. The predicted molar refractivity (Wildman–Crippen MR) is 72.9 cm³/mol. The van der Waals surface area contributed by atoms with Crippen LogP contribution >= 0.6 is 0 Å². The monoisotopic (exact) mass is 283 g/mol. The van der Waals surface area contributed by atoms with E-state index in [1.165, 1.54) is 23.2 Å². The van der Waals surface area contributed by atoms with Gasteiger partial charge in [0.1, 0.15) is 0 Å². The highest BCUT2D eigenvalue weighted by atomic mass is 16.3. The van der Waals surface area contributed by atoms with Gasteiger partial charge in [0.25, 0.3) is 5.56 Å². The number of aryl methyl sites for hydroxylation is 1. The Morgan fingerprint density at radius 2 is 1.95 bits per heavy atom. The lowest BCUT2D eigenvalue weighted by molar-refractivity contribution is 0.0825. The summed E-state index contributed by atoms with van der Waals surface area (Å²) in [6, 6.07) is 0. The van der Waals surface area contributed by atoms with E-state index in [1.807, 2.05) is 0 Å². The molecule has 0 saturated carbocycles. The summed E-state index contributed by atoms with van der Waals surface area (Å²) in [7, 11) is 4.51. The molecule has 9 heteroatoms. The molecule has 2 aromatic rings. The van der Waals surface area contributed by atoms with E-state index in [-0.39, 0.29) is 17.7 Å². The van der Waals surface area contributed by atoms with Crippen LogP contribution in [0, 0.1) is 0 Å². The molecular weight excluding hydrogens is 266 g/mol. The molecule has 3 N–H and O–H groups in total. The summed E-state index contributed by atoms with van der Waals surface area (Å²) in [6.07, 6.45) is -1.03. The van der Waals surface area contributed by atoms with Gasteiger partial charge in [0.05, 0.1) is 19.3 Å². The Balaban J connectivity index is 2.86. The molecule has 0 saturated heterocycles. The average Bonchev–Trinajstić information content (AvgIpc) is 2.81. The number of anilines is 1. The first kappa shape index (κ1) is 14.3. The number of aromatic nitrogens is 4. The summed E-state index contributed by atoms with van der Waals surface area (Å²) < 4.78 is 3.70. The van der Waals surface area contributed by atoms with Crippen molar-refractivity contribution in [3.63, 3.8) is 0 Å². The molecule has 20 heavy (non-hydrogen) atoms. The van der Waals surface area contributed by atoms with E-state index < -0.39 is 24.0 Å². The summed E-state index contributed by atoms with van der Waals surface area (Å²) in [5.41, 5.74) is -0.543. The normalized spacial score (nSPS) is 12.8. The number of hydrogen-bond acceptors (Lipinski definition) is 6. The minimum atomic E-state index is -1.03. The minimum Gasteiger partial charge on any atom is -0.394 e. The van der Waals surface area contributed by atoms with Crippen LogP contribution in [0.1, 0.15) is 0 Å². The fourth-order valence-electron chi connectivity index (χ4n) is 2.08. The molecule has 2 heterocycles. The molecule has 2 aromatic heterocycles. The molecule has 0 bridgehead atoms. The van der Waals surface area contributed by atoms with Gasteiger partial charge in [-0.25, -0.2) is 4.79 Å². The summed E-state index contributed by atoms with van der Waals surface area (Å²) in [5, 5.41) is 21.3. The molecule has 1 atom stereocenters. The van der Waals surface area contributed by atoms with E-state index in [0.717, 1.165) is 4.57 Å². The summed E-state index contributed by atoms with van der Waals surface area (Å²) in [5.74, 6) is 0.339. The lowest BCUT2D eigenvalue weighted by Gasteiger charge is -2.12. The molecule has 0 aliphatic carbocycles. The smallest absolute Gasteiger partial charge is 0.332 e. The van der Waals surface area contributed by atoms with Crippen molar-refractivity contribution in [2.75, 3.05) is 19.0 Å². The van der Waals surface area contributed by atoms with Crippen LogP contribution in [0.4, 0.5) is 5.95 Å². The molecule has 110 valence electrons. The lowest BCUT2D eigenvalue weighted by atomic mass is 10.3. The summed E-state index contributed by atoms with van der Waals surface area (Å²) in [4.78, 5) is 28.3. The van der Waals surface area contributed by atoms with Crippen molar-refractivity contribution in [2.45, 2.75) is 12.6 Å². The number of imidazole rings is 1. The number of aliphatic hydroxyl groups excluding tert-OH is 2. The Labute approximate surface area is 113 Å². The van der Waals surface area contributed by atoms with Crippen LogP contribution in [0.3, 0.4) is 0 Å². The van der Waals surface area contributed by atoms with Gasteiger partial charge in [0, 0.05) is 21.1 Å². The maximum absolute atomic E-state index is 12.2.